The average molecular weight is 559 g/mol. The molecule has 5 rings (SSSR count). The second-order valence-corrected chi connectivity index (χ2v) is 16.7. The normalized spacial score (nSPS) is 41.1. The van der Waals surface area contributed by atoms with E-state index in [1.54, 1.807) is 24.3 Å². The van der Waals surface area contributed by atoms with Crippen molar-refractivity contribution >= 4 is 10.1 Å². The van der Waals surface area contributed by atoms with Gasteiger partial charge in [-0.2, -0.15) is 8.42 Å². The molecule has 0 bridgehead atoms. The van der Waals surface area contributed by atoms with Gasteiger partial charge in [-0.05, 0) is 117 Å². The van der Waals surface area contributed by atoms with Crippen LogP contribution in [0.25, 0.3) is 0 Å². The fourth-order valence-corrected chi connectivity index (χ4v) is 11.4. The number of benzene rings is 1. The predicted octanol–water partition coefficient (Wildman–Crippen LogP) is 8.31. The molecule has 39 heavy (non-hydrogen) atoms. The van der Waals surface area contributed by atoms with Crippen LogP contribution in [0.1, 0.15) is 117 Å². The molecule has 0 amide bonds. The molecule has 0 aromatic heterocycles. The van der Waals surface area contributed by atoms with Crippen molar-refractivity contribution in [3.05, 3.63) is 29.8 Å². The fourth-order valence-electron chi connectivity index (χ4n) is 10.3. The van der Waals surface area contributed by atoms with E-state index in [1.165, 1.54) is 44.9 Å². The molecule has 4 aliphatic rings. The lowest BCUT2D eigenvalue weighted by molar-refractivity contribution is -0.217. The van der Waals surface area contributed by atoms with Crippen molar-refractivity contribution in [1.29, 1.82) is 0 Å². The number of aliphatic hydroxyl groups is 1. The van der Waals surface area contributed by atoms with Gasteiger partial charge in [-0.3, -0.25) is 4.18 Å². The number of aryl methyl sites for hydroxylation is 1. The van der Waals surface area contributed by atoms with Crippen molar-refractivity contribution < 1.29 is 17.7 Å². The first-order valence-corrected chi connectivity index (χ1v) is 17.4. The molecule has 1 aromatic carbocycles. The Balaban J connectivity index is 1.27. The van der Waals surface area contributed by atoms with Gasteiger partial charge in [0.15, 0.2) is 0 Å². The standard InChI is InChI=1S/C34H54O4S/c1-23(2)8-7-9-25(4)29-14-15-30-28-17-21-34(35)22-26(38-39(36,37)27-12-10-24(3)11-13-27)16-20-33(34,6)31(28)18-19-32(29,30)5/h10-13,23,25-26,28-31,35H,7-9,14-22H2,1-6H3/t25-,26-,28-,29-,30-,31-,32+,33-,34-/m1/s1. The lowest BCUT2D eigenvalue weighted by atomic mass is 9.43. The van der Waals surface area contributed by atoms with Crippen LogP contribution in [0.2, 0.25) is 0 Å². The molecule has 0 saturated heterocycles. The molecule has 5 heteroatoms. The van der Waals surface area contributed by atoms with Gasteiger partial charge in [0.1, 0.15) is 0 Å². The molecule has 0 radical (unpaired) electrons. The molecule has 9 atom stereocenters. The SMILES string of the molecule is Cc1ccc(S(=O)(=O)O[C@@H]2CC[C@]3(C)[C@@H]4CC[C@]5(C)[C@H](CC[C@@H]5[C@H](C)CCCC(C)C)[C@H]4CC[C@@]3(O)C2)cc1. The molecule has 0 heterocycles. The summed E-state index contributed by atoms with van der Waals surface area (Å²) in [7, 11) is -3.84. The van der Waals surface area contributed by atoms with E-state index < -0.39 is 21.8 Å². The Morgan fingerprint density at radius 3 is 2.33 bits per heavy atom. The molecule has 4 saturated carbocycles. The topological polar surface area (TPSA) is 63.6 Å². The van der Waals surface area contributed by atoms with Crippen LogP contribution < -0.4 is 0 Å². The first kappa shape index (κ1) is 29.6. The Hall–Kier alpha value is -0.910. The van der Waals surface area contributed by atoms with Gasteiger partial charge in [0, 0.05) is 6.42 Å². The van der Waals surface area contributed by atoms with E-state index in [9.17, 15) is 13.5 Å². The van der Waals surface area contributed by atoms with Gasteiger partial charge in [-0.25, -0.2) is 0 Å². The van der Waals surface area contributed by atoms with Gasteiger partial charge in [-0.1, -0.05) is 71.6 Å². The molecule has 1 N–H and O–H groups in total. The van der Waals surface area contributed by atoms with Crippen molar-refractivity contribution in [3.8, 4) is 0 Å². The molecule has 0 unspecified atom stereocenters. The highest BCUT2D eigenvalue weighted by Gasteiger charge is 2.65. The zero-order chi connectivity index (χ0) is 28.2. The summed E-state index contributed by atoms with van der Waals surface area (Å²) >= 11 is 0. The van der Waals surface area contributed by atoms with E-state index in [0.717, 1.165) is 48.5 Å². The highest BCUT2D eigenvalue weighted by Crippen LogP contribution is 2.69. The van der Waals surface area contributed by atoms with E-state index in [4.69, 9.17) is 4.18 Å². The maximum Gasteiger partial charge on any atom is 0.297 e. The average Bonchev–Trinajstić information content (AvgIpc) is 3.22. The Labute approximate surface area is 238 Å². The Kier molecular flexibility index (Phi) is 8.14. The summed E-state index contributed by atoms with van der Waals surface area (Å²) < 4.78 is 31.8. The van der Waals surface area contributed by atoms with E-state index >= 15 is 0 Å². The van der Waals surface area contributed by atoms with Gasteiger partial charge in [0.05, 0.1) is 16.6 Å². The van der Waals surface area contributed by atoms with Gasteiger partial charge < -0.3 is 5.11 Å². The highest BCUT2D eigenvalue weighted by molar-refractivity contribution is 7.86. The summed E-state index contributed by atoms with van der Waals surface area (Å²) in [4.78, 5) is 0.206. The summed E-state index contributed by atoms with van der Waals surface area (Å²) in [6.07, 6.45) is 12.6. The van der Waals surface area contributed by atoms with E-state index in [2.05, 4.69) is 34.6 Å². The lowest BCUT2D eigenvalue weighted by Gasteiger charge is -2.64. The minimum atomic E-state index is -3.84. The van der Waals surface area contributed by atoms with Crippen molar-refractivity contribution in [2.75, 3.05) is 0 Å². The molecule has 0 spiro atoms. The Morgan fingerprint density at radius 2 is 1.64 bits per heavy atom. The number of rotatable bonds is 8. The van der Waals surface area contributed by atoms with E-state index in [0.29, 0.717) is 30.1 Å². The summed E-state index contributed by atoms with van der Waals surface area (Å²) in [6.45, 7) is 14.1. The van der Waals surface area contributed by atoms with Crippen LogP contribution in [-0.4, -0.2) is 25.2 Å². The van der Waals surface area contributed by atoms with Gasteiger partial charge in [0.2, 0.25) is 0 Å². The Morgan fingerprint density at radius 1 is 0.923 bits per heavy atom. The van der Waals surface area contributed by atoms with Crippen molar-refractivity contribution in [3.63, 3.8) is 0 Å². The molecule has 220 valence electrons. The van der Waals surface area contributed by atoms with Crippen molar-refractivity contribution in [2.45, 2.75) is 135 Å². The molecule has 0 aliphatic heterocycles. The van der Waals surface area contributed by atoms with Crippen molar-refractivity contribution in [1.82, 2.24) is 0 Å². The quantitative estimate of drug-likeness (QED) is 0.326. The molecular weight excluding hydrogens is 504 g/mol. The van der Waals surface area contributed by atoms with Gasteiger partial charge >= 0.3 is 0 Å². The third-order valence-corrected chi connectivity index (χ3v) is 13.9. The minimum Gasteiger partial charge on any atom is -0.389 e. The van der Waals surface area contributed by atoms with Crippen molar-refractivity contribution in [2.24, 2.45) is 46.3 Å². The number of fused-ring (bicyclic) bond motifs is 5. The summed E-state index contributed by atoms with van der Waals surface area (Å²) in [5.74, 6) is 4.42. The highest BCUT2D eigenvalue weighted by atomic mass is 32.2. The largest absolute Gasteiger partial charge is 0.389 e. The number of hydrogen-bond donors (Lipinski definition) is 1. The van der Waals surface area contributed by atoms with Gasteiger partial charge in [-0.15, -0.1) is 0 Å². The van der Waals surface area contributed by atoms with Crippen LogP contribution >= 0.6 is 0 Å². The molecule has 4 nitrogen and oxygen atoms in total. The van der Waals surface area contributed by atoms with Crippen LogP contribution in [0.3, 0.4) is 0 Å². The van der Waals surface area contributed by atoms with Crippen LogP contribution in [0.15, 0.2) is 29.2 Å². The first-order valence-electron chi connectivity index (χ1n) is 16.0. The second kappa shape index (κ2) is 10.7. The third-order valence-electron chi connectivity index (χ3n) is 12.5. The van der Waals surface area contributed by atoms with E-state index in [1.807, 2.05) is 6.92 Å². The second-order valence-electron chi connectivity index (χ2n) is 15.1. The molecular formula is C34H54O4S. The molecule has 4 aliphatic carbocycles. The zero-order valence-corrected chi connectivity index (χ0v) is 26.2. The molecule has 4 fully saturated rings. The van der Waals surface area contributed by atoms with E-state index in [-0.39, 0.29) is 10.3 Å². The lowest BCUT2D eigenvalue weighted by Crippen LogP contribution is -2.63. The summed E-state index contributed by atoms with van der Waals surface area (Å²) in [5, 5.41) is 12.2. The molecule has 1 aromatic rings. The summed E-state index contributed by atoms with van der Waals surface area (Å²) in [6, 6.07) is 6.85. The van der Waals surface area contributed by atoms with Crippen LogP contribution in [0.4, 0.5) is 0 Å². The maximum absolute atomic E-state index is 13.0. The smallest absolute Gasteiger partial charge is 0.297 e. The Bertz CT molecular complexity index is 1110. The zero-order valence-electron chi connectivity index (χ0n) is 25.4. The third kappa shape index (κ3) is 5.27. The van der Waals surface area contributed by atoms with Crippen LogP contribution in [-0.2, 0) is 14.3 Å². The van der Waals surface area contributed by atoms with Crippen LogP contribution in [0.5, 0.6) is 0 Å². The maximum atomic E-state index is 13.0. The predicted molar refractivity (Wildman–Crippen MR) is 158 cm³/mol. The van der Waals surface area contributed by atoms with Gasteiger partial charge in [0.25, 0.3) is 10.1 Å². The monoisotopic (exact) mass is 558 g/mol. The fraction of sp³-hybridized carbons (Fsp3) is 0.824. The van der Waals surface area contributed by atoms with Crippen LogP contribution in [0, 0.1) is 53.3 Å². The number of hydrogen-bond acceptors (Lipinski definition) is 4. The first-order chi connectivity index (χ1) is 18.3. The summed E-state index contributed by atoms with van der Waals surface area (Å²) in [5.41, 5.74) is 0.444. The minimum absolute atomic E-state index is 0.161.